The average Bonchev–Trinajstić information content (AvgIpc) is 2.56. The number of hydrogen-bond donors (Lipinski definition) is 1. The fraction of sp³-hybridized carbons (Fsp3) is 0.545. The molecule has 0 amide bonds. The van der Waals surface area contributed by atoms with Crippen LogP contribution in [0.5, 0.6) is 0 Å². The highest BCUT2D eigenvalue weighted by Gasteiger charge is 2.11. The van der Waals surface area contributed by atoms with Gasteiger partial charge in [-0.15, -0.1) is 0 Å². The van der Waals surface area contributed by atoms with E-state index in [1.165, 1.54) is 5.57 Å². The van der Waals surface area contributed by atoms with Crippen LogP contribution in [0.3, 0.4) is 0 Å². The second-order valence-corrected chi connectivity index (χ2v) is 4.03. The molecule has 0 bridgehead atoms. The van der Waals surface area contributed by atoms with Crippen molar-refractivity contribution in [2.75, 3.05) is 0 Å². The zero-order chi connectivity index (χ0) is 9.97. The second-order valence-electron chi connectivity index (χ2n) is 4.03. The van der Waals surface area contributed by atoms with Crippen LogP contribution in [0.1, 0.15) is 25.1 Å². The minimum absolute atomic E-state index is 0.375. The Morgan fingerprint density at radius 2 is 2.50 bits per heavy atom. The molecule has 2 rings (SSSR count). The molecule has 14 heavy (non-hydrogen) atoms. The SMILES string of the molecule is Cn1ccnc1CC1=CCC(N)CC1. The number of nitrogens with two attached hydrogens (primary N) is 1. The van der Waals surface area contributed by atoms with Crippen LogP contribution in [0.4, 0.5) is 0 Å². The van der Waals surface area contributed by atoms with Crippen LogP contribution in [-0.2, 0) is 13.5 Å². The van der Waals surface area contributed by atoms with Crippen molar-refractivity contribution in [1.29, 1.82) is 0 Å². The summed E-state index contributed by atoms with van der Waals surface area (Å²) in [7, 11) is 2.04. The molecule has 3 nitrogen and oxygen atoms in total. The molecule has 2 N–H and O–H groups in total. The first kappa shape index (κ1) is 9.46. The minimum Gasteiger partial charge on any atom is -0.338 e. The highest BCUT2D eigenvalue weighted by Crippen LogP contribution is 2.19. The van der Waals surface area contributed by atoms with E-state index >= 15 is 0 Å². The van der Waals surface area contributed by atoms with E-state index in [-0.39, 0.29) is 0 Å². The number of nitrogens with zero attached hydrogens (tertiary/aromatic N) is 2. The molecule has 1 unspecified atom stereocenters. The first-order valence-electron chi connectivity index (χ1n) is 5.15. The van der Waals surface area contributed by atoms with Crippen molar-refractivity contribution >= 4 is 0 Å². The third kappa shape index (κ3) is 2.04. The fourth-order valence-corrected chi connectivity index (χ4v) is 1.84. The Labute approximate surface area is 84.6 Å². The van der Waals surface area contributed by atoms with E-state index in [4.69, 9.17) is 5.73 Å². The molecule has 0 fully saturated rings. The van der Waals surface area contributed by atoms with Crippen LogP contribution in [0.15, 0.2) is 24.0 Å². The Morgan fingerprint density at radius 3 is 3.07 bits per heavy atom. The lowest BCUT2D eigenvalue weighted by Gasteiger charge is -2.17. The predicted molar refractivity (Wildman–Crippen MR) is 56.8 cm³/mol. The van der Waals surface area contributed by atoms with Gasteiger partial charge < -0.3 is 10.3 Å². The number of allylic oxidation sites excluding steroid dienone is 1. The maximum Gasteiger partial charge on any atom is 0.112 e. The Bertz CT molecular complexity index is 338. The number of hydrogen-bond acceptors (Lipinski definition) is 2. The van der Waals surface area contributed by atoms with E-state index in [0.29, 0.717) is 6.04 Å². The summed E-state index contributed by atoms with van der Waals surface area (Å²) in [6.45, 7) is 0. The molecule has 0 radical (unpaired) electrons. The summed E-state index contributed by atoms with van der Waals surface area (Å²) in [6.07, 6.45) is 10.4. The van der Waals surface area contributed by atoms with Gasteiger partial charge in [-0.3, -0.25) is 0 Å². The van der Waals surface area contributed by atoms with Crippen LogP contribution in [0, 0.1) is 0 Å². The Kier molecular flexibility index (Phi) is 2.68. The molecule has 76 valence electrons. The maximum atomic E-state index is 5.83. The van der Waals surface area contributed by atoms with Gasteiger partial charge in [-0.05, 0) is 19.3 Å². The van der Waals surface area contributed by atoms with Crippen LogP contribution < -0.4 is 5.73 Å². The minimum atomic E-state index is 0.375. The summed E-state index contributed by atoms with van der Waals surface area (Å²) < 4.78 is 2.08. The average molecular weight is 191 g/mol. The van der Waals surface area contributed by atoms with E-state index in [0.717, 1.165) is 31.5 Å². The van der Waals surface area contributed by atoms with E-state index in [2.05, 4.69) is 15.6 Å². The smallest absolute Gasteiger partial charge is 0.112 e. The summed E-state index contributed by atoms with van der Waals surface area (Å²) in [5.74, 6) is 1.15. The largest absolute Gasteiger partial charge is 0.338 e. The van der Waals surface area contributed by atoms with Gasteiger partial charge in [0.2, 0.25) is 0 Å². The predicted octanol–water partition coefficient (Wildman–Crippen LogP) is 1.40. The van der Waals surface area contributed by atoms with Crippen molar-refractivity contribution in [3.05, 3.63) is 29.9 Å². The Morgan fingerprint density at radius 1 is 1.64 bits per heavy atom. The third-order valence-corrected chi connectivity index (χ3v) is 2.85. The molecule has 1 aliphatic rings. The molecule has 0 aromatic carbocycles. The van der Waals surface area contributed by atoms with Gasteiger partial charge in [-0.1, -0.05) is 11.6 Å². The lowest BCUT2D eigenvalue weighted by Crippen LogP contribution is -2.22. The van der Waals surface area contributed by atoms with Gasteiger partial charge in [-0.2, -0.15) is 0 Å². The molecule has 1 aromatic rings. The number of aromatic nitrogens is 2. The zero-order valence-corrected chi connectivity index (χ0v) is 8.61. The third-order valence-electron chi connectivity index (χ3n) is 2.85. The first-order chi connectivity index (χ1) is 6.75. The fourth-order valence-electron chi connectivity index (χ4n) is 1.84. The standard InChI is InChI=1S/C11H17N3/c1-14-7-6-13-11(14)8-9-2-4-10(12)5-3-9/h2,6-7,10H,3-5,8,12H2,1H3. The summed E-state index contributed by atoms with van der Waals surface area (Å²) in [5, 5.41) is 0. The van der Waals surface area contributed by atoms with Crippen LogP contribution in [-0.4, -0.2) is 15.6 Å². The molecule has 3 heteroatoms. The van der Waals surface area contributed by atoms with Gasteiger partial charge in [0.05, 0.1) is 0 Å². The van der Waals surface area contributed by atoms with E-state index < -0.39 is 0 Å². The summed E-state index contributed by atoms with van der Waals surface area (Å²) >= 11 is 0. The molecular formula is C11H17N3. The molecule has 0 aliphatic heterocycles. The monoisotopic (exact) mass is 191 g/mol. The van der Waals surface area contributed by atoms with Crippen molar-refractivity contribution in [2.45, 2.75) is 31.7 Å². The number of rotatable bonds is 2. The van der Waals surface area contributed by atoms with Gasteiger partial charge >= 0.3 is 0 Å². The molecule has 1 aliphatic carbocycles. The van der Waals surface area contributed by atoms with Crippen LogP contribution in [0.25, 0.3) is 0 Å². The van der Waals surface area contributed by atoms with Gasteiger partial charge in [0, 0.05) is 31.9 Å². The molecular weight excluding hydrogens is 174 g/mol. The number of imidazole rings is 1. The van der Waals surface area contributed by atoms with Crippen molar-refractivity contribution in [1.82, 2.24) is 9.55 Å². The molecule has 0 saturated carbocycles. The second kappa shape index (κ2) is 3.96. The summed E-state index contributed by atoms with van der Waals surface area (Å²) in [5.41, 5.74) is 7.32. The summed E-state index contributed by atoms with van der Waals surface area (Å²) in [4.78, 5) is 4.32. The van der Waals surface area contributed by atoms with Gasteiger partial charge in [0.1, 0.15) is 5.82 Å². The lowest BCUT2D eigenvalue weighted by atomic mass is 9.94. The first-order valence-corrected chi connectivity index (χ1v) is 5.15. The number of aryl methyl sites for hydroxylation is 1. The van der Waals surface area contributed by atoms with E-state index in [1.807, 2.05) is 19.4 Å². The lowest BCUT2D eigenvalue weighted by molar-refractivity contribution is 0.579. The van der Waals surface area contributed by atoms with E-state index in [1.54, 1.807) is 0 Å². The van der Waals surface area contributed by atoms with Gasteiger partial charge in [-0.25, -0.2) is 4.98 Å². The normalized spacial score (nSPS) is 22.1. The van der Waals surface area contributed by atoms with Crippen LogP contribution in [0.2, 0.25) is 0 Å². The Hall–Kier alpha value is -1.09. The van der Waals surface area contributed by atoms with E-state index in [9.17, 15) is 0 Å². The van der Waals surface area contributed by atoms with Crippen molar-refractivity contribution < 1.29 is 0 Å². The van der Waals surface area contributed by atoms with Crippen molar-refractivity contribution in [3.63, 3.8) is 0 Å². The molecule has 0 saturated heterocycles. The van der Waals surface area contributed by atoms with Gasteiger partial charge in [0.15, 0.2) is 0 Å². The maximum absolute atomic E-state index is 5.83. The van der Waals surface area contributed by atoms with Crippen LogP contribution >= 0.6 is 0 Å². The highest BCUT2D eigenvalue weighted by molar-refractivity contribution is 5.13. The van der Waals surface area contributed by atoms with Gasteiger partial charge in [0.25, 0.3) is 0 Å². The quantitative estimate of drug-likeness (QED) is 0.718. The molecule has 1 aromatic heterocycles. The zero-order valence-electron chi connectivity index (χ0n) is 8.61. The molecule has 1 atom stereocenters. The van der Waals surface area contributed by atoms with Crippen molar-refractivity contribution in [2.24, 2.45) is 12.8 Å². The van der Waals surface area contributed by atoms with Crippen molar-refractivity contribution in [3.8, 4) is 0 Å². The Balaban J connectivity index is 2.02. The highest BCUT2D eigenvalue weighted by atomic mass is 15.0. The molecule has 1 heterocycles. The topological polar surface area (TPSA) is 43.8 Å². The molecule has 0 spiro atoms. The summed E-state index contributed by atoms with van der Waals surface area (Å²) in [6, 6.07) is 0.375.